The number of piperazine rings is 1. The van der Waals surface area contributed by atoms with Gasteiger partial charge in [0.1, 0.15) is 5.60 Å². The van der Waals surface area contributed by atoms with Gasteiger partial charge in [0.25, 0.3) is 0 Å². The zero-order chi connectivity index (χ0) is 22.9. The fraction of sp³-hybridized carbons (Fsp3) is 0.636. The molecule has 1 aromatic carbocycles. The summed E-state index contributed by atoms with van der Waals surface area (Å²) < 4.78 is 16.4. The number of ether oxygens (including phenoxy) is 3. The van der Waals surface area contributed by atoms with Crippen molar-refractivity contribution in [3.8, 4) is 11.5 Å². The third kappa shape index (κ3) is 8.16. The van der Waals surface area contributed by atoms with Crippen LogP contribution in [0.25, 0.3) is 0 Å². The minimum Gasteiger partial charge on any atom is -0.493 e. The van der Waals surface area contributed by atoms with Gasteiger partial charge < -0.3 is 29.7 Å². The molecule has 2 N–H and O–H groups in total. The summed E-state index contributed by atoms with van der Waals surface area (Å²) in [4.78, 5) is 20.6. The van der Waals surface area contributed by atoms with Crippen LogP contribution in [0.5, 0.6) is 11.5 Å². The van der Waals surface area contributed by atoms with Crippen LogP contribution in [0.3, 0.4) is 0 Å². The molecule has 1 aromatic rings. The van der Waals surface area contributed by atoms with Crippen LogP contribution < -0.4 is 20.1 Å². The number of anilines is 1. The quantitative estimate of drug-likeness (QED) is 0.503. The number of nitrogens with one attached hydrogen (secondary N) is 2. The predicted molar refractivity (Wildman–Crippen MR) is 123 cm³/mol. The lowest BCUT2D eigenvalue weighted by Crippen LogP contribution is -2.51. The molecule has 0 radical (unpaired) electrons. The summed E-state index contributed by atoms with van der Waals surface area (Å²) in [5.41, 5.74) is 0.400. The Hall–Kier alpha value is -2.68. The summed E-state index contributed by atoms with van der Waals surface area (Å²) in [6.07, 6.45) is -0.235. The van der Waals surface area contributed by atoms with Crippen molar-refractivity contribution in [2.75, 3.05) is 65.3 Å². The molecule has 0 unspecified atom stereocenters. The van der Waals surface area contributed by atoms with E-state index in [2.05, 4.69) is 20.5 Å². The number of carbonyl (C=O) groups excluding carboxylic acids is 1. The minimum absolute atomic E-state index is 0.235. The van der Waals surface area contributed by atoms with Gasteiger partial charge in [-0.1, -0.05) is 0 Å². The monoisotopic (exact) mass is 435 g/mol. The van der Waals surface area contributed by atoms with Crippen molar-refractivity contribution in [3.05, 3.63) is 18.2 Å². The summed E-state index contributed by atoms with van der Waals surface area (Å²) in [6, 6.07) is 5.68. The van der Waals surface area contributed by atoms with E-state index in [-0.39, 0.29) is 6.09 Å². The lowest BCUT2D eigenvalue weighted by atomic mass is 10.2. The number of nitrogens with zero attached hydrogens (tertiary/aromatic N) is 3. The predicted octanol–water partition coefficient (Wildman–Crippen LogP) is 2.63. The normalized spacial score (nSPS) is 15.4. The summed E-state index contributed by atoms with van der Waals surface area (Å²) in [6.45, 7) is 12.7. The van der Waals surface area contributed by atoms with E-state index in [1.54, 1.807) is 19.1 Å². The summed E-state index contributed by atoms with van der Waals surface area (Å²) in [5.74, 6) is 2.06. The van der Waals surface area contributed by atoms with Gasteiger partial charge in [-0.25, -0.2) is 4.79 Å². The first kappa shape index (κ1) is 24.6. The van der Waals surface area contributed by atoms with Gasteiger partial charge in [0.15, 0.2) is 17.5 Å². The van der Waals surface area contributed by atoms with Crippen LogP contribution in [0.1, 0.15) is 27.7 Å². The van der Waals surface area contributed by atoms with Gasteiger partial charge >= 0.3 is 6.09 Å². The fourth-order valence-electron chi connectivity index (χ4n) is 3.15. The Morgan fingerprint density at radius 3 is 2.45 bits per heavy atom. The standard InChI is InChI=1S/C22H37N5O4/c1-7-30-19-16-17(8-9-18(19)29-6)25-20(23-5)24-10-11-26-12-14-27(15-13-26)21(28)31-22(2,3)4/h8-9,16H,7,10-15H2,1-6H3,(H2,23,24,25). The van der Waals surface area contributed by atoms with Gasteiger partial charge in [0.05, 0.1) is 13.7 Å². The molecule has 9 heteroatoms. The molecule has 1 amide bonds. The average molecular weight is 436 g/mol. The van der Waals surface area contributed by atoms with Gasteiger partial charge in [0.2, 0.25) is 0 Å². The van der Waals surface area contributed by atoms with E-state index in [1.807, 2.05) is 45.9 Å². The third-order valence-corrected chi connectivity index (χ3v) is 4.69. The van der Waals surface area contributed by atoms with Gasteiger partial charge in [-0.3, -0.25) is 9.89 Å². The number of benzene rings is 1. The van der Waals surface area contributed by atoms with E-state index in [4.69, 9.17) is 14.2 Å². The Morgan fingerprint density at radius 2 is 1.87 bits per heavy atom. The molecule has 2 rings (SSSR count). The average Bonchev–Trinajstić information content (AvgIpc) is 2.72. The molecule has 0 atom stereocenters. The molecule has 0 bridgehead atoms. The van der Waals surface area contributed by atoms with Gasteiger partial charge in [-0.15, -0.1) is 0 Å². The molecular formula is C22H37N5O4. The smallest absolute Gasteiger partial charge is 0.410 e. The zero-order valence-corrected chi connectivity index (χ0v) is 19.7. The summed E-state index contributed by atoms with van der Waals surface area (Å²) in [5, 5.41) is 6.61. The Balaban J connectivity index is 1.77. The maximum atomic E-state index is 12.2. The number of rotatable bonds is 7. The molecule has 0 aliphatic carbocycles. The highest BCUT2D eigenvalue weighted by Crippen LogP contribution is 2.30. The van der Waals surface area contributed by atoms with E-state index < -0.39 is 5.60 Å². The lowest BCUT2D eigenvalue weighted by molar-refractivity contribution is 0.0147. The van der Waals surface area contributed by atoms with Crippen LogP contribution in [-0.2, 0) is 4.74 Å². The second-order valence-electron chi connectivity index (χ2n) is 8.23. The Morgan fingerprint density at radius 1 is 1.16 bits per heavy atom. The highest BCUT2D eigenvalue weighted by molar-refractivity contribution is 5.93. The first-order chi connectivity index (χ1) is 14.8. The van der Waals surface area contributed by atoms with E-state index in [9.17, 15) is 4.79 Å². The number of guanidine groups is 1. The van der Waals surface area contributed by atoms with E-state index in [0.29, 0.717) is 37.2 Å². The first-order valence-corrected chi connectivity index (χ1v) is 10.7. The van der Waals surface area contributed by atoms with Gasteiger partial charge in [-0.2, -0.15) is 0 Å². The van der Waals surface area contributed by atoms with Crippen molar-refractivity contribution in [2.24, 2.45) is 4.99 Å². The van der Waals surface area contributed by atoms with Crippen LogP contribution in [0.15, 0.2) is 23.2 Å². The van der Waals surface area contributed by atoms with E-state index in [0.717, 1.165) is 31.9 Å². The molecule has 1 heterocycles. The van der Waals surface area contributed by atoms with Crippen molar-refractivity contribution >= 4 is 17.7 Å². The second kappa shape index (κ2) is 11.6. The van der Waals surface area contributed by atoms with Crippen molar-refractivity contribution in [2.45, 2.75) is 33.3 Å². The van der Waals surface area contributed by atoms with E-state index in [1.165, 1.54) is 0 Å². The number of amides is 1. The van der Waals surface area contributed by atoms with Gasteiger partial charge in [0, 0.05) is 58.1 Å². The number of carbonyl (C=O) groups is 1. The topological polar surface area (TPSA) is 87.7 Å². The van der Waals surface area contributed by atoms with Crippen LogP contribution in [0.4, 0.5) is 10.5 Å². The van der Waals surface area contributed by atoms with Crippen molar-refractivity contribution in [1.82, 2.24) is 15.1 Å². The highest BCUT2D eigenvalue weighted by atomic mass is 16.6. The number of aliphatic imine (C=N–C) groups is 1. The Labute approximate surface area is 185 Å². The molecule has 9 nitrogen and oxygen atoms in total. The summed E-state index contributed by atoms with van der Waals surface area (Å²) in [7, 11) is 3.36. The second-order valence-corrected chi connectivity index (χ2v) is 8.23. The van der Waals surface area contributed by atoms with Crippen molar-refractivity contribution in [3.63, 3.8) is 0 Å². The van der Waals surface area contributed by atoms with Crippen LogP contribution in [-0.4, -0.2) is 87.5 Å². The minimum atomic E-state index is -0.464. The maximum Gasteiger partial charge on any atom is 0.410 e. The van der Waals surface area contributed by atoms with Crippen LogP contribution in [0, 0.1) is 0 Å². The zero-order valence-electron chi connectivity index (χ0n) is 19.7. The van der Waals surface area contributed by atoms with Crippen molar-refractivity contribution in [1.29, 1.82) is 0 Å². The molecule has 1 saturated heterocycles. The molecule has 1 aliphatic heterocycles. The van der Waals surface area contributed by atoms with Crippen LogP contribution >= 0.6 is 0 Å². The van der Waals surface area contributed by atoms with Gasteiger partial charge in [-0.05, 0) is 39.8 Å². The summed E-state index contributed by atoms with van der Waals surface area (Å²) >= 11 is 0. The Bertz CT molecular complexity index is 740. The maximum absolute atomic E-state index is 12.2. The number of hydrogen-bond donors (Lipinski definition) is 2. The number of hydrogen-bond acceptors (Lipinski definition) is 6. The lowest BCUT2D eigenvalue weighted by Gasteiger charge is -2.35. The highest BCUT2D eigenvalue weighted by Gasteiger charge is 2.25. The molecule has 1 fully saturated rings. The SMILES string of the molecule is CCOc1cc(NC(=NC)NCCN2CCN(C(=O)OC(C)(C)C)CC2)ccc1OC. The molecule has 0 aromatic heterocycles. The molecule has 1 aliphatic rings. The fourth-order valence-corrected chi connectivity index (χ4v) is 3.15. The molecular weight excluding hydrogens is 398 g/mol. The molecule has 31 heavy (non-hydrogen) atoms. The van der Waals surface area contributed by atoms with E-state index >= 15 is 0 Å². The first-order valence-electron chi connectivity index (χ1n) is 10.7. The Kier molecular flexibility index (Phi) is 9.23. The largest absolute Gasteiger partial charge is 0.493 e. The number of methoxy groups -OCH3 is 1. The third-order valence-electron chi connectivity index (χ3n) is 4.69. The van der Waals surface area contributed by atoms with Crippen molar-refractivity contribution < 1.29 is 19.0 Å². The molecule has 0 saturated carbocycles. The molecule has 174 valence electrons. The van der Waals surface area contributed by atoms with Crippen LogP contribution in [0.2, 0.25) is 0 Å². The molecule has 0 spiro atoms.